The molecule has 0 atom stereocenters. The topological polar surface area (TPSA) is 55.1 Å². The number of hydrogen-bond acceptors (Lipinski definition) is 3. The summed E-state index contributed by atoms with van der Waals surface area (Å²) < 4.78 is 13.5. The van der Waals surface area contributed by atoms with Crippen molar-refractivity contribution in [3.8, 4) is 11.8 Å². The fraction of sp³-hybridized carbons (Fsp3) is 0.133. The first kappa shape index (κ1) is 14.3. The predicted octanol–water partition coefficient (Wildman–Crippen LogP) is 2.76. The molecule has 1 aromatic heterocycles. The minimum Gasteiger partial charge on any atom is -0.321 e. The molecule has 3 nitrogen and oxygen atoms in total. The molecule has 102 valence electrons. The van der Waals surface area contributed by atoms with Crippen LogP contribution in [0.15, 0.2) is 30.3 Å². The maximum absolute atomic E-state index is 13.5. The number of carbonyl (C=O) groups is 1. The van der Waals surface area contributed by atoms with Gasteiger partial charge in [0.1, 0.15) is 5.82 Å². The standard InChI is InChI=1S/C15H13FN2OS/c1-10-4-7-14(20-10)15(19)18-12-5-6-13(16)11(9-12)3-2-8-17/h4-7,9H,8,17H2,1H3,(H,18,19). The van der Waals surface area contributed by atoms with Crippen molar-refractivity contribution in [2.75, 3.05) is 11.9 Å². The summed E-state index contributed by atoms with van der Waals surface area (Å²) in [6.07, 6.45) is 0. The Morgan fingerprint density at radius 2 is 2.20 bits per heavy atom. The van der Waals surface area contributed by atoms with Crippen molar-refractivity contribution < 1.29 is 9.18 Å². The summed E-state index contributed by atoms with van der Waals surface area (Å²) in [6, 6.07) is 7.91. The van der Waals surface area contributed by atoms with Gasteiger partial charge in [-0.15, -0.1) is 11.3 Å². The van der Waals surface area contributed by atoms with Crippen LogP contribution in [0.3, 0.4) is 0 Å². The van der Waals surface area contributed by atoms with Gasteiger partial charge in [-0.1, -0.05) is 11.8 Å². The molecule has 1 heterocycles. The Morgan fingerprint density at radius 3 is 2.85 bits per heavy atom. The highest BCUT2D eigenvalue weighted by atomic mass is 32.1. The summed E-state index contributed by atoms with van der Waals surface area (Å²) in [5, 5.41) is 2.72. The first-order valence-electron chi connectivity index (χ1n) is 5.96. The van der Waals surface area contributed by atoms with Gasteiger partial charge >= 0.3 is 0 Å². The van der Waals surface area contributed by atoms with Crippen molar-refractivity contribution in [3.63, 3.8) is 0 Å². The third kappa shape index (κ3) is 3.44. The first-order valence-corrected chi connectivity index (χ1v) is 6.78. The van der Waals surface area contributed by atoms with Gasteiger partial charge in [0.2, 0.25) is 0 Å². The van der Waals surface area contributed by atoms with Crippen LogP contribution in [0.4, 0.5) is 10.1 Å². The number of anilines is 1. The third-order valence-corrected chi connectivity index (χ3v) is 3.51. The number of thiophene rings is 1. The molecule has 0 saturated heterocycles. The van der Waals surface area contributed by atoms with Crippen molar-refractivity contribution in [1.82, 2.24) is 0 Å². The van der Waals surface area contributed by atoms with E-state index in [2.05, 4.69) is 17.2 Å². The Morgan fingerprint density at radius 1 is 1.40 bits per heavy atom. The summed E-state index contributed by atoms with van der Waals surface area (Å²) in [4.78, 5) is 13.7. The SMILES string of the molecule is Cc1ccc(C(=O)Nc2ccc(F)c(C#CCN)c2)s1. The number of rotatable bonds is 2. The average molecular weight is 288 g/mol. The number of nitrogens with two attached hydrogens (primary N) is 1. The molecular weight excluding hydrogens is 275 g/mol. The molecule has 1 aromatic carbocycles. The molecule has 2 aromatic rings. The van der Waals surface area contributed by atoms with Crippen LogP contribution in [0.25, 0.3) is 0 Å². The Hall–Kier alpha value is -2.16. The average Bonchev–Trinajstić information content (AvgIpc) is 2.86. The molecule has 20 heavy (non-hydrogen) atoms. The first-order chi connectivity index (χ1) is 9.60. The summed E-state index contributed by atoms with van der Waals surface area (Å²) in [7, 11) is 0. The molecular formula is C15H13FN2OS. The Kier molecular flexibility index (Phi) is 4.51. The van der Waals surface area contributed by atoms with Crippen molar-refractivity contribution in [2.45, 2.75) is 6.92 Å². The second-order valence-electron chi connectivity index (χ2n) is 4.06. The molecule has 0 aliphatic heterocycles. The van der Waals surface area contributed by atoms with Crippen molar-refractivity contribution in [1.29, 1.82) is 0 Å². The number of carbonyl (C=O) groups excluding carboxylic acids is 1. The van der Waals surface area contributed by atoms with E-state index in [9.17, 15) is 9.18 Å². The molecule has 5 heteroatoms. The number of amides is 1. The van der Waals surface area contributed by atoms with Gasteiger partial charge in [0.25, 0.3) is 5.91 Å². The zero-order valence-corrected chi connectivity index (χ0v) is 11.7. The molecule has 0 spiro atoms. The minimum atomic E-state index is -0.434. The van der Waals surface area contributed by atoms with Crippen LogP contribution in [0, 0.1) is 24.6 Å². The lowest BCUT2D eigenvalue weighted by molar-refractivity contribution is 0.103. The second kappa shape index (κ2) is 6.33. The van der Waals surface area contributed by atoms with Gasteiger partial charge in [0.15, 0.2) is 0 Å². The molecule has 2 rings (SSSR count). The number of benzene rings is 1. The van der Waals surface area contributed by atoms with E-state index in [1.54, 1.807) is 6.07 Å². The lowest BCUT2D eigenvalue weighted by Gasteiger charge is -2.04. The monoisotopic (exact) mass is 288 g/mol. The molecule has 0 saturated carbocycles. The van der Waals surface area contributed by atoms with E-state index < -0.39 is 5.82 Å². The van der Waals surface area contributed by atoms with Crippen molar-refractivity contribution in [2.24, 2.45) is 5.73 Å². The summed E-state index contributed by atoms with van der Waals surface area (Å²) in [6.45, 7) is 2.09. The van der Waals surface area contributed by atoms with Crippen LogP contribution >= 0.6 is 11.3 Å². The van der Waals surface area contributed by atoms with Gasteiger partial charge in [-0.05, 0) is 37.3 Å². The van der Waals surface area contributed by atoms with Gasteiger partial charge in [-0.2, -0.15) is 0 Å². The van der Waals surface area contributed by atoms with Crippen LogP contribution in [-0.4, -0.2) is 12.5 Å². The lowest BCUT2D eigenvalue weighted by atomic mass is 10.2. The third-order valence-electron chi connectivity index (χ3n) is 2.51. The highest BCUT2D eigenvalue weighted by Crippen LogP contribution is 2.19. The maximum Gasteiger partial charge on any atom is 0.265 e. The fourth-order valence-electron chi connectivity index (χ4n) is 1.59. The molecule has 0 bridgehead atoms. The zero-order chi connectivity index (χ0) is 14.5. The number of nitrogens with one attached hydrogen (secondary N) is 1. The lowest BCUT2D eigenvalue weighted by Crippen LogP contribution is -2.10. The van der Waals surface area contributed by atoms with Crippen LogP contribution in [0.2, 0.25) is 0 Å². The van der Waals surface area contributed by atoms with E-state index in [0.29, 0.717) is 10.6 Å². The van der Waals surface area contributed by atoms with Gasteiger partial charge in [0.05, 0.1) is 17.0 Å². The summed E-state index contributed by atoms with van der Waals surface area (Å²) in [5.41, 5.74) is 5.98. The van der Waals surface area contributed by atoms with Gasteiger partial charge in [0, 0.05) is 10.6 Å². The number of aryl methyl sites for hydroxylation is 1. The Balaban J connectivity index is 2.19. The molecule has 0 aliphatic rings. The van der Waals surface area contributed by atoms with Crippen molar-refractivity contribution in [3.05, 3.63) is 51.5 Å². The van der Waals surface area contributed by atoms with Crippen molar-refractivity contribution >= 4 is 22.9 Å². The number of halogens is 1. The van der Waals surface area contributed by atoms with E-state index in [0.717, 1.165) is 4.88 Å². The van der Waals surface area contributed by atoms with Crippen LogP contribution in [-0.2, 0) is 0 Å². The van der Waals surface area contributed by atoms with Crippen LogP contribution in [0.1, 0.15) is 20.1 Å². The highest BCUT2D eigenvalue weighted by molar-refractivity contribution is 7.14. The zero-order valence-electron chi connectivity index (χ0n) is 10.9. The summed E-state index contributed by atoms with van der Waals surface area (Å²) in [5.74, 6) is 4.57. The largest absolute Gasteiger partial charge is 0.321 e. The van der Waals surface area contributed by atoms with Gasteiger partial charge in [-0.25, -0.2) is 4.39 Å². The Bertz CT molecular complexity index is 697. The molecule has 0 unspecified atom stereocenters. The predicted molar refractivity (Wildman–Crippen MR) is 79.3 cm³/mol. The minimum absolute atomic E-state index is 0.157. The Labute approximate surface area is 120 Å². The quantitative estimate of drug-likeness (QED) is 0.835. The fourth-order valence-corrected chi connectivity index (χ4v) is 2.36. The molecule has 0 radical (unpaired) electrons. The number of hydrogen-bond donors (Lipinski definition) is 2. The van der Waals surface area contributed by atoms with Crippen LogP contribution < -0.4 is 11.1 Å². The molecule has 0 fully saturated rings. The van der Waals surface area contributed by atoms with E-state index >= 15 is 0 Å². The van der Waals surface area contributed by atoms with E-state index in [-0.39, 0.29) is 18.0 Å². The molecule has 3 N–H and O–H groups in total. The normalized spacial score (nSPS) is 9.75. The highest BCUT2D eigenvalue weighted by Gasteiger charge is 2.09. The second-order valence-corrected chi connectivity index (χ2v) is 5.35. The van der Waals surface area contributed by atoms with E-state index in [4.69, 9.17) is 5.73 Å². The van der Waals surface area contributed by atoms with Crippen LogP contribution in [0.5, 0.6) is 0 Å². The van der Waals surface area contributed by atoms with Gasteiger partial charge in [-0.3, -0.25) is 4.79 Å². The summed E-state index contributed by atoms with van der Waals surface area (Å²) >= 11 is 1.41. The van der Waals surface area contributed by atoms with E-state index in [1.165, 1.54) is 29.5 Å². The van der Waals surface area contributed by atoms with E-state index in [1.807, 2.05) is 13.0 Å². The molecule has 1 amide bonds. The smallest absolute Gasteiger partial charge is 0.265 e. The molecule has 0 aliphatic carbocycles. The maximum atomic E-state index is 13.5. The van der Waals surface area contributed by atoms with Gasteiger partial charge < -0.3 is 11.1 Å².